The zero-order valence-electron chi connectivity index (χ0n) is 12.2. The van der Waals surface area contributed by atoms with Crippen molar-refractivity contribution in [3.8, 4) is 5.75 Å². The zero-order valence-corrected chi connectivity index (χ0v) is 12.2. The minimum atomic E-state index is 0.133. The Bertz CT molecular complexity index is 411. The van der Waals surface area contributed by atoms with Crippen molar-refractivity contribution in [3.05, 3.63) is 29.8 Å². The maximum absolute atomic E-state index is 11.8. The molecule has 1 aromatic carbocycles. The summed E-state index contributed by atoms with van der Waals surface area (Å²) in [4.78, 5) is 11.8. The minimum Gasteiger partial charge on any atom is -0.497 e. The highest BCUT2D eigenvalue weighted by atomic mass is 16.5. The summed E-state index contributed by atoms with van der Waals surface area (Å²) in [5.41, 5.74) is 1.09. The average Bonchev–Trinajstić information content (AvgIpc) is 2.52. The molecule has 2 N–H and O–H groups in total. The number of carbonyl (C=O) groups is 1. The Labute approximate surface area is 120 Å². The third-order valence-electron chi connectivity index (χ3n) is 3.78. The average molecular weight is 276 g/mol. The van der Waals surface area contributed by atoms with Crippen LogP contribution in [0.5, 0.6) is 5.75 Å². The van der Waals surface area contributed by atoms with Crippen molar-refractivity contribution >= 4 is 5.91 Å². The van der Waals surface area contributed by atoms with Crippen molar-refractivity contribution in [2.24, 2.45) is 0 Å². The third-order valence-corrected chi connectivity index (χ3v) is 3.78. The van der Waals surface area contributed by atoms with Crippen molar-refractivity contribution in [2.45, 2.75) is 44.7 Å². The molecule has 0 spiro atoms. The van der Waals surface area contributed by atoms with Crippen LogP contribution in [0.3, 0.4) is 0 Å². The summed E-state index contributed by atoms with van der Waals surface area (Å²) in [6, 6.07) is 8.29. The minimum absolute atomic E-state index is 0.133. The molecule has 1 aliphatic heterocycles. The Morgan fingerprint density at radius 3 is 2.80 bits per heavy atom. The molecule has 0 aromatic heterocycles. The first kappa shape index (κ1) is 14.9. The smallest absolute Gasteiger partial charge is 0.220 e. The molecule has 1 unspecified atom stereocenters. The molecule has 1 fully saturated rings. The second-order valence-corrected chi connectivity index (χ2v) is 5.31. The maximum Gasteiger partial charge on any atom is 0.220 e. The summed E-state index contributed by atoms with van der Waals surface area (Å²) >= 11 is 0. The van der Waals surface area contributed by atoms with E-state index in [1.807, 2.05) is 24.3 Å². The predicted molar refractivity (Wildman–Crippen MR) is 79.7 cm³/mol. The van der Waals surface area contributed by atoms with Crippen LogP contribution in [0.4, 0.5) is 0 Å². The molecule has 0 saturated carbocycles. The molecule has 0 aliphatic carbocycles. The van der Waals surface area contributed by atoms with Crippen molar-refractivity contribution < 1.29 is 9.53 Å². The molecule has 1 amide bonds. The van der Waals surface area contributed by atoms with E-state index < -0.39 is 0 Å². The van der Waals surface area contributed by atoms with Gasteiger partial charge in [0.05, 0.1) is 7.11 Å². The van der Waals surface area contributed by atoms with Gasteiger partial charge in [0.2, 0.25) is 5.91 Å². The highest BCUT2D eigenvalue weighted by Crippen LogP contribution is 2.12. The normalized spacial score (nSPS) is 18.6. The van der Waals surface area contributed by atoms with Gasteiger partial charge in [-0.25, -0.2) is 0 Å². The van der Waals surface area contributed by atoms with E-state index in [-0.39, 0.29) is 5.91 Å². The lowest BCUT2D eigenvalue weighted by molar-refractivity contribution is -0.121. The lowest BCUT2D eigenvalue weighted by atomic mass is 10.0. The first-order chi connectivity index (χ1) is 9.78. The molecule has 1 atom stereocenters. The third kappa shape index (κ3) is 4.85. The van der Waals surface area contributed by atoms with Crippen molar-refractivity contribution in [1.82, 2.24) is 10.6 Å². The fraction of sp³-hybridized carbons (Fsp3) is 0.562. The molecule has 0 radical (unpaired) electrons. The van der Waals surface area contributed by atoms with Crippen molar-refractivity contribution in [1.29, 1.82) is 0 Å². The van der Waals surface area contributed by atoms with Crippen LogP contribution in [0.2, 0.25) is 0 Å². The van der Waals surface area contributed by atoms with E-state index in [4.69, 9.17) is 4.74 Å². The summed E-state index contributed by atoms with van der Waals surface area (Å²) in [7, 11) is 1.65. The second-order valence-electron chi connectivity index (χ2n) is 5.31. The van der Waals surface area contributed by atoms with Gasteiger partial charge in [0.15, 0.2) is 0 Å². The van der Waals surface area contributed by atoms with Crippen LogP contribution in [-0.4, -0.2) is 25.6 Å². The molecular weight excluding hydrogens is 252 g/mol. The van der Waals surface area contributed by atoms with Crippen LogP contribution in [-0.2, 0) is 11.3 Å². The summed E-state index contributed by atoms with van der Waals surface area (Å²) in [5, 5.41) is 6.44. The number of hydrogen-bond donors (Lipinski definition) is 2. The highest BCUT2D eigenvalue weighted by molar-refractivity contribution is 5.75. The molecule has 20 heavy (non-hydrogen) atoms. The van der Waals surface area contributed by atoms with E-state index in [1.165, 1.54) is 19.3 Å². The lowest BCUT2D eigenvalue weighted by Gasteiger charge is -2.23. The Morgan fingerprint density at radius 1 is 1.35 bits per heavy atom. The van der Waals surface area contributed by atoms with Crippen LogP contribution >= 0.6 is 0 Å². The first-order valence-electron chi connectivity index (χ1n) is 7.41. The second kappa shape index (κ2) is 7.90. The Hall–Kier alpha value is -1.55. The fourth-order valence-electron chi connectivity index (χ4n) is 2.51. The summed E-state index contributed by atoms with van der Waals surface area (Å²) in [5.74, 6) is 0.969. The van der Waals surface area contributed by atoms with Crippen molar-refractivity contribution in [3.63, 3.8) is 0 Å². The van der Waals surface area contributed by atoms with Gasteiger partial charge in [-0.2, -0.15) is 0 Å². The first-order valence-corrected chi connectivity index (χ1v) is 7.41. The van der Waals surface area contributed by atoms with Gasteiger partial charge < -0.3 is 15.4 Å². The molecule has 1 aliphatic rings. The molecule has 2 rings (SSSR count). The molecule has 1 heterocycles. The van der Waals surface area contributed by atoms with Gasteiger partial charge in [-0.15, -0.1) is 0 Å². The molecule has 4 heteroatoms. The van der Waals surface area contributed by atoms with E-state index in [1.54, 1.807) is 7.11 Å². The molecule has 1 saturated heterocycles. The number of rotatable bonds is 6. The van der Waals surface area contributed by atoms with Gasteiger partial charge in [-0.05, 0) is 43.5 Å². The largest absolute Gasteiger partial charge is 0.497 e. The summed E-state index contributed by atoms with van der Waals surface area (Å²) < 4.78 is 5.11. The SMILES string of the molecule is COc1ccc(CNC(=O)CCC2CCCCN2)cc1. The predicted octanol–water partition coefficient (Wildman–Crippen LogP) is 2.23. The number of ether oxygens (including phenoxy) is 1. The van der Waals surface area contributed by atoms with Crippen molar-refractivity contribution in [2.75, 3.05) is 13.7 Å². The molecule has 110 valence electrons. The number of benzene rings is 1. The number of carbonyl (C=O) groups excluding carboxylic acids is 1. The molecule has 4 nitrogen and oxygen atoms in total. The number of amides is 1. The monoisotopic (exact) mass is 276 g/mol. The van der Waals surface area contributed by atoms with Gasteiger partial charge >= 0.3 is 0 Å². The maximum atomic E-state index is 11.8. The Morgan fingerprint density at radius 2 is 2.15 bits per heavy atom. The van der Waals surface area contributed by atoms with E-state index in [9.17, 15) is 4.79 Å². The Balaban J connectivity index is 1.66. The Kier molecular flexibility index (Phi) is 5.87. The van der Waals surface area contributed by atoms with Crippen LogP contribution in [0.15, 0.2) is 24.3 Å². The topological polar surface area (TPSA) is 50.4 Å². The quantitative estimate of drug-likeness (QED) is 0.837. The van der Waals surface area contributed by atoms with E-state index in [2.05, 4.69) is 10.6 Å². The zero-order chi connectivity index (χ0) is 14.2. The van der Waals surface area contributed by atoms with Crippen LogP contribution in [0.1, 0.15) is 37.7 Å². The number of piperidine rings is 1. The van der Waals surface area contributed by atoms with E-state index in [0.717, 1.165) is 24.3 Å². The van der Waals surface area contributed by atoms with Gasteiger partial charge in [0, 0.05) is 19.0 Å². The van der Waals surface area contributed by atoms with Crippen LogP contribution < -0.4 is 15.4 Å². The van der Waals surface area contributed by atoms with Gasteiger partial charge in [0.25, 0.3) is 0 Å². The summed E-state index contributed by atoms with van der Waals surface area (Å²) in [6.07, 6.45) is 5.29. The van der Waals surface area contributed by atoms with E-state index >= 15 is 0 Å². The summed E-state index contributed by atoms with van der Waals surface area (Å²) in [6.45, 7) is 1.68. The van der Waals surface area contributed by atoms with E-state index in [0.29, 0.717) is 19.0 Å². The fourth-order valence-corrected chi connectivity index (χ4v) is 2.51. The number of nitrogens with one attached hydrogen (secondary N) is 2. The van der Waals surface area contributed by atoms with Gasteiger partial charge in [0.1, 0.15) is 5.75 Å². The van der Waals surface area contributed by atoms with Gasteiger partial charge in [-0.1, -0.05) is 18.6 Å². The standard InChI is InChI=1S/C16H24N2O2/c1-20-15-8-5-13(6-9-15)12-18-16(19)10-7-14-4-2-3-11-17-14/h5-6,8-9,14,17H,2-4,7,10-12H2,1H3,(H,18,19). The molecular formula is C16H24N2O2. The van der Waals surface area contributed by atoms with Crippen LogP contribution in [0.25, 0.3) is 0 Å². The molecule has 0 bridgehead atoms. The van der Waals surface area contributed by atoms with Crippen LogP contribution in [0, 0.1) is 0 Å². The lowest BCUT2D eigenvalue weighted by Crippen LogP contribution is -2.35. The molecule has 1 aromatic rings. The number of hydrogen-bond acceptors (Lipinski definition) is 3. The van der Waals surface area contributed by atoms with Gasteiger partial charge in [-0.3, -0.25) is 4.79 Å². The number of methoxy groups -OCH3 is 1. The highest BCUT2D eigenvalue weighted by Gasteiger charge is 2.13.